The van der Waals surface area contributed by atoms with Crippen molar-refractivity contribution in [2.24, 2.45) is 0 Å². The van der Waals surface area contributed by atoms with Gasteiger partial charge in [-0.25, -0.2) is 4.68 Å². The first-order chi connectivity index (χ1) is 17.4. The average molecular weight is 481 g/mol. The van der Waals surface area contributed by atoms with Gasteiger partial charge >= 0.3 is 0 Å². The summed E-state index contributed by atoms with van der Waals surface area (Å²) in [4.78, 5) is 27.6. The fourth-order valence-electron chi connectivity index (χ4n) is 4.14. The number of rotatable bonds is 7. The van der Waals surface area contributed by atoms with E-state index in [-0.39, 0.29) is 11.6 Å². The number of imide groups is 1. The van der Waals surface area contributed by atoms with E-state index in [9.17, 15) is 14.9 Å². The summed E-state index contributed by atoms with van der Waals surface area (Å²) in [5, 5.41) is 14.5. The summed E-state index contributed by atoms with van der Waals surface area (Å²) in [7, 11) is 0. The van der Waals surface area contributed by atoms with Gasteiger partial charge in [-0.15, -0.1) is 0 Å². The van der Waals surface area contributed by atoms with Gasteiger partial charge in [0.05, 0.1) is 18.0 Å². The second-order valence-corrected chi connectivity index (χ2v) is 8.58. The lowest BCUT2D eigenvalue weighted by atomic mass is 9.92. The van der Waals surface area contributed by atoms with Gasteiger partial charge in [-0.3, -0.25) is 14.5 Å². The fourth-order valence-corrected chi connectivity index (χ4v) is 4.14. The number of nitriles is 1. The average Bonchev–Trinajstić information content (AvgIpc) is 3.32. The van der Waals surface area contributed by atoms with Gasteiger partial charge in [0.15, 0.2) is 0 Å². The number of hydrogen-bond acceptors (Lipinski definition) is 5. The van der Waals surface area contributed by atoms with Gasteiger partial charge in [0.1, 0.15) is 17.4 Å². The third-order valence-corrected chi connectivity index (χ3v) is 6.31. The van der Waals surface area contributed by atoms with Crippen LogP contribution >= 0.6 is 0 Å². The summed E-state index contributed by atoms with van der Waals surface area (Å²) in [5.74, 6) is -0.194. The lowest BCUT2D eigenvalue weighted by molar-refractivity contribution is -0.142. The third kappa shape index (κ3) is 4.58. The molecule has 1 aliphatic rings. The summed E-state index contributed by atoms with van der Waals surface area (Å²) >= 11 is 0. The molecule has 2 amide bonds. The molecule has 7 heteroatoms. The predicted octanol–water partition coefficient (Wildman–Crippen LogP) is 5.33. The predicted molar refractivity (Wildman–Crippen MR) is 138 cm³/mol. The van der Waals surface area contributed by atoms with Gasteiger partial charge in [0, 0.05) is 28.9 Å². The van der Waals surface area contributed by atoms with Crippen LogP contribution in [0, 0.1) is 11.3 Å². The molecule has 2 aromatic carbocycles. The van der Waals surface area contributed by atoms with Gasteiger partial charge < -0.3 is 4.74 Å². The largest absolute Gasteiger partial charge is 0.494 e. The number of aromatic nitrogens is 2. The van der Waals surface area contributed by atoms with Gasteiger partial charge in [0.25, 0.3) is 11.8 Å². The minimum absolute atomic E-state index is 0.0146. The van der Waals surface area contributed by atoms with E-state index in [1.165, 1.54) is 4.90 Å². The number of carbonyl (C=O) groups excluding carboxylic acids is 2. The zero-order valence-electron chi connectivity index (χ0n) is 20.9. The van der Waals surface area contributed by atoms with Gasteiger partial charge in [-0.05, 0) is 75.2 Å². The zero-order valence-corrected chi connectivity index (χ0v) is 20.9. The van der Waals surface area contributed by atoms with Crippen LogP contribution in [0.1, 0.15) is 39.7 Å². The molecule has 1 atom stereocenters. The zero-order chi connectivity index (χ0) is 25.8. The molecule has 1 unspecified atom stereocenters. The number of para-hydroxylation sites is 1. The van der Waals surface area contributed by atoms with Crippen LogP contribution in [0.3, 0.4) is 0 Å². The molecule has 0 aliphatic carbocycles. The molecule has 0 saturated heterocycles. The van der Waals surface area contributed by atoms with Crippen LogP contribution < -0.4 is 4.74 Å². The molecule has 0 spiro atoms. The second kappa shape index (κ2) is 10.4. The van der Waals surface area contributed by atoms with E-state index < -0.39 is 11.8 Å². The summed E-state index contributed by atoms with van der Waals surface area (Å²) < 4.78 is 7.33. The summed E-state index contributed by atoms with van der Waals surface area (Å²) in [6.45, 7) is 7.85. The van der Waals surface area contributed by atoms with Crippen molar-refractivity contribution in [3.05, 3.63) is 83.1 Å². The minimum Gasteiger partial charge on any atom is -0.494 e. The Morgan fingerprint density at radius 1 is 1.06 bits per heavy atom. The van der Waals surface area contributed by atoms with E-state index in [1.807, 2.05) is 87.6 Å². The van der Waals surface area contributed by atoms with Crippen LogP contribution in [0.5, 0.6) is 5.75 Å². The number of carbonyl (C=O) groups is 2. The number of nitrogens with zero attached hydrogens (tertiary/aromatic N) is 4. The first-order valence-corrected chi connectivity index (χ1v) is 12.0. The Labute approximate surface area is 210 Å². The monoisotopic (exact) mass is 480 g/mol. The molecule has 36 heavy (non-hydrogen) atoms. The van der Waals surface area contributed by atoms with E-state index in [2.05, 4.69) is 0 Å². The minimum atomic E-state index is -0.543. The molecule has 182 valence electrons. The third-order valence-electron chi connectivity index (χ3n) is 6.31. The highest BCUT2D eigenvalue weighted by atomic mass is 16.5. The molecular weight excluding hydrogens is 452 g/mol. The molecule has 0 saturated carbocycles. The maximum absolute atomic E-state index is 13.5. The summed E-state index contributed by atoms with van der Waals surface area (Å²) in [6, 6.07) is 19.0. The smallest absolute Gasteiger partial charge is 0.271 e. The van der Waals surface area contributed by atoms with Crippen molar-refractivity contribution in [2.75, 3.05) is 6.61 Å². The van der Waals surface area contributed by atoms with E-state index in [0.717, 1.165) is 17.0 Å². The molecule has 4 rings (SSSR count). The van der Waals surface area contributed by atoms with Crippen LogP contribution in [0.4, 0.5) is 0 Å². The maximum Gasteiger partial charge on any atom is 0.271 e. The Morgan fingerprint density at radius 3 is 2.36 bits per heavy atom. The first kappa shape index (κ1) is 24.7. The highest BCUT2D eigenvalue weighted by molar-refractivity contribution is 6.20. The van der Waals surface area contributed by atoms with Crippen molar-refractivity contribution in [3.63, 3.8) is 0 Å². The van der Waals surface area contributed by atoms with Crippen LogP contribution in [-0.2, 0) is 9.59 Å². The molecule has 0 N–H and O–H groups in total. The normalized spacial score (nSPS) is 15.9. The Bertz CT molecular complexity index is 1390. The molecule has 0 bridgehead atoms. The van der Waals surface area contributed by atoms with Crippen molar-refractivity contribution in [2.45, 2.75) is 40.2 Å². The number of hydrogen-bond donors (Lipinski definition) is 0. The second-order valence-electron chi connectivity index (χ2n) is 8.58. The quantitative estimate of drug-likeness (QED) is 0.337. The maximum atomic E-state index is 13.5. The molecule has 1 aromatic heterocycles. The van der Waals surface area contributed by atoms with Crippen molar-refractivity contribution >= 4 is 17.9 Å². The van der Waals surface area contributed by atoms with Gasteiger partial charge in [0.2, 0.25) is 0 Å². The topological polar surface area (TPSA) is 88.2 Å². The fraction of sp³-hybridized carbons (Fsp3) is 0.241. The van der Waals surface area contributed by atoms with Crippen LogP contribution in [0.25, 0.3) is 23.0 Å². The van der Waals surface area contributed by atoms with E-state index in [0.29, 0.717) is 35.4 Å². The molecular formula is C29H28N4O3. The standard InChI is InChI=1S/C29H28N4O3/c1-5-19(3)33-28(34)25(20(4)26(17-30)29(33)35)16-22-18-32(23-10-8-7-9-11-23)31-27(22)21-12-14-24(15-13-21)36-6-2/h7-16,18-19H,5-6H2,1-4H3/b25-16+. The van der Waals surface area contributed by atoms with Crippen LogP contribution in [0.15, 0.2) is 77.5 Å². The van der Waals surface area contributed by atoms with E-state index in [4.69, 9.17) is 9.84 Å². The lowest BCUT2D eigenvalue weighted by Crippen LogP contribution is -2.47. The Kier molecular flexibility index (Phi) is 7.16. The van der Waals surface area contributed by atoms with Gasteiger partial charge in [-0.1, -0.05) is 25.1 Å². The number of amides is 2. The van der Waals surface area contributed by atoms with Crippen LogP contribution in [-0.4, -0.2) is 39.1 Å². The molecule has 3 aromatic rings. The van der Waals surface area contributed by atoms with Crippen molar-refractivity contribution in [3.8, 4) is 28.8 Å². The first-order valence-electron chi connectivity index (χ1n) is 12.0. The Morgan fingerprint density at radius 2 is 1.75 bits per heavy atom. The highest BCUT2D eigenvalue weighted by Crippen LogP contribution is 2.32. The van der Waals surface area contributed by atoms with Crippen LogP contribution in [0.2, 0.25) is 0 Å². The van der Waals surface area contributed by atoms with Crippen molar-refractivity contribution in [1.29, 1.82) is 5.26 Å². The van der Waals surface area contributed by atoms with Crippen molar-refractivity contribution < 1.29 is 14.3 Å². The Balaban J connectivity index is 1.90. The summed E-state index contributed by atoms with van der Waals surface area (Å²) in [5.41, 5.74) is 3.75. The molecule has 2 heterocycles. The molecule has 0 fully saturated rings. The molecule has 0 radical (unpaired) electrons. The lowest BCUT2D eigenvalue weighted by Gasteiger charge is -2.31. The van der Waals surface area contributed by atoms with Gasteiger partial charge in [-0.2, -0.15) is 10.4 Å². The summed E-state index contributed by atoms with van der Waals surface area (Å²) in [6.07, 6.45) is 4.17. The number of benzene rings is 2. The van der Waals surface area contributed by atoms with Crippen molar-refractivity contribution in [1.82, 2.24) is 14.7 Å². The molecule has 7 nitrogen and oxygen atoms in total. The molecule has 1 aliphatic heterocycles. The highest BCUT2D eigenvalue weighted by Gasteiger charge is 2.37. The SMILES string of the molecule is CCOc1ccc(-c2nn(-c3ccccc3)cc2/C=C2/C(=O)N(C(C)CC)C(=O)C(C#N)=C2C)cc1. The van der Waals surface area contributed by atoms with E-state index >= 15 is 0 Å². The van der Waals surface area contributed by atoms with E-state index in [1.54, 1.807) is 17.7 Å². The number of ether oxygens (including phenoxy) is 1. The Hall–Kier alpha value is -4.44.